The Labute approximate surface area is 198 Å². The standard InChI is InChI=1S/C22H18ClF2N3O4/c23-15-4-2-14(3-5-15)22(24,25)21(32)26-10-12-1-6-16-13(9-12)11-28(20(16)31)17-7-8-18(29)27-19(17)30/h1-6,9,17H,7-8,10-11H2,(H,26,32)(H,27,29,30)/t17-/m0/s1/i7D2,8D2,10D,17D/hD2/t10?,17-. The number of halogens is 3. The summed E-state index contributed by atoms with van der Waals surface area (Å²) >= 11 is 5.68. The number of hydrogen-bond donors (Lipinski definition) is 2. The van der Waals surface area contributed by atoms with Crippen molar-refractivity contribution in [2.24, 2.45) is 0 Å². The van der Waals surface area contributed by atoms with Crippen LogP contribution in [-0.4, -0.2) is 34.5 Å². The third-order valence-corrected chi connectivity index (χ3v) is 4.95. The molecule has 2 aliphatic rings. The van der Waals surface area contributed by atoms with E-state index in [2.05, 4.69) is 0 Å². The minimum atomic E-state index is -4.20. The van der Waals surface area contributed by atoms with Crippen LogP contribution in [0.4, 0.5) is 8.78 Å². The third kappa shape index (κ3) is 4.08. The number of nitrogens with zero attached hydrogens (tertiary/aromatic N) is 1. The smallest absolute Gasteiger partial charge is 0.346 e. The van der Waals surface area contributed by atoms with Gasteiger partial charge in [0.1, 0.15) is 6.02 Å². The van der Waals surface area contributed by atoms with E-state index in [1.807, 2.05) is 0 Å². The highest BCUT2D eigenvalue weighted by molar-refractivity contribution is 6.30. The SMILES string of the molecule is [2H]C(c1ccc2c(c1)CN([C@]1([2H])C(=O)N([2H])C(=O)C([2H])([2H])C1([2H])[2H])C2=O)N([2H])C(=O)C(F)(F)c1ccc(Cl)cc1. The van der Waals surface area contributed by atoms with Crippen molar-refractivity contribution in [1.82, 2.24) is 15.5 Å². The van der Waals surface area contributed by atoms with Gasteiger partial charge in [-0.3, -0.25) is 24.5 Å². The predicted octanol–water partition coefficient (Wildman–Crippen LogP) is 2.51. The Morgan fingerprint density at radius 1 is 1.34 bits per heavy atom. The van der Waals surface area contributed by atoms with Crippen LogP contribution in [-0.2, 0) is 33.4 Å². The van der Waals surface area contributed by atoms with E-state index in [1.54, 1.807) is 0 Å². The van der Waals surface area contributed by atoms with Gasteiger partial charge in [0.2, 0.25) is 11.8 Å². The number of benzene rings is 2. The molecule has 0 aromatic heterocycles. The number of carbonyl (C=O) groups excluding carboxylic acids is 4. The summed E-state index contributed by atoms with van der Waals surface area (Å²) in [5.41, 5.74) is -1.28. The molecule has 2 heterocycles. The molecule has 2 aliphatic heterocycles. The molecule has 0 spiro atoms. The van der Waals surface area contributed by atoms with Crippen molar-refractivity contribution in [2.75, 3.05) is 0 Å². The summed E-state index contributed by atoms with van der Waals surface area (Å²) in [5, 5.41) is -0.663. The van der Waals surface area contributed by atoms with Gasteiger partial charge in [-0.05, 0) is 35.7 Å². The second-order valence-corrected chi connectivity index (χ2v) is 7.21. The number of carbonyl (C=O) groups is 4. The summed E-state index contributed by atoms with van der Waals surface area (Å²) in [6.45, 7) is -2.77. The second-order valence-electron chi connectivity index (χ2n) is 6.77. The molecule has 4 rings (SSSR count). The number of amides is 4. The van der Waals surface area contributed by atoms with E-state index in [9.17, 15) is 28.0 Å². The fourth-order valence-electron chi connectivity index (χ4n) is 3.12. The minimum Gasteiger partial charge on any atom is -0.346 e. The van der Waals surface area contributed by atoms with Gasteiger partial charge in [-0.15, -0.1) is 0 Å². The molecule has 32 heavy (non-hydrogen) atoms. The summed E-state index contributed by atoms with van der Waals surface area (Å²) in [5.74, 6) is -11.0. The predicted molar refractivity (Wildman–Crippen MR) is 110 cm³/mol. The molecular formula is C22H18ClF2N3O4. The molecule has 2 aromatic rings. The van der Waals surface area contributed by atoms with Crippen LogP contribution >= 0.6 is 11.6 Å². The van der Waals surface area contributed by atoms with Gasteiger partial charge >= 0.3 is 5.92 Å². The van der Waals surface area contributed by atoms with Crippen LogP contribution in [0.3, 0.4) is 0 Å². The van der Waals surface area contributed by atoms with Gasteiger partial charge in [0.25, 0.3) is 11.8 Å². The van der Waals surface area contributed by atoms with Crippen molar-refractivity contribution in [3.8, 4) is 0 Å². The van der Waals surface area contributed by atoms with Gasteiger partial charge < -0.3 is 10.2 Å². The lowest BCUT2D eigenvalue weighted by Crippen LogP contribution is -2.52. The summed E-state index contributed by atoms with van der Waals surface area (Å²) in [6.07, 6.45) is -7.15. The first-order valence-corrected chi connectivity index (χ1v) is 9.41. The number of hydrogen-bond acceptors (Lipinski definition) is 4. The first-order valence-electron chi connectivity index (χ1n) is 13.0. The quantitative estimate of drug-likeness (QED) is 0.658. The van der Waals surface area contributed by atoms with Crippen LogP contribution in [0.2, 0.25) is 7.85 Å². The molecular weight excluding hydrogens is 444 g/mol. The highest BCUT2D eigenvalue weighted by Crippen LogP contribution is 2.30. The Balaban J connectivity index is 1.64. The van der Waals surface area contributed by atoms with Gasteiger partial charge in [0, 0.05) is 41.1 Å². The van der Waals surface area contributed by atoms with Crippen LogP contribution in [0.25, 0.3) is 0 Å². The van der Waals surface area contributed by atoms with Crippen molar-refractivity contribution in [3.63, 3.8) is 0 Å². The first kappa shape index (κ1) is 13.9. The molecule has 1 fully saturated rings. The zero-order chi connectivity index (χ0) is 30.2. The Kier molecular flexibility index (Phi) is 3.62. The van der Waals surface area contributed by atoms with E-state index >= 15 is 0 Å². The summed E-state index contributed by atoms with van der Waals surface area (Å²) in [7, 11) is 0. The Bertz CT molecular complexity index is 1450. The average molecular weight is 470 g/mol. The molecule has 2 atom stereocenters. The third-order valence-electron chi connectivity index (χ3n) is 4.70. The number of rotatable bonds is 5. The number of piperidine rings is 1. The molecule has 10 heteroatoms. The summed E-state index contributed by atoms with van der Waals surface area (Å²) in [6, 6.07) is 3.78. The molecule has 2 aromatic carbocycles. The maximum absolute atomic E-state index is 14.8. The van der Waals surface area contributed by atoms with Gasteiger partial charge in [-0.25, -0.2) is 0 Å². The van der Waals surface area contributed by atoms with Crippen molar-refractivity contribution >= 4 is 35.2 Å². The number of alkyl halides is 2. The molecule has 2 N–H and O–H groups in total. The van der Waals surface area contributed by atoms with Gasteiger partial charge in [0.15, 0.2) is 2.82 Å². The average Bonchev–Trinajstić information content (AvgIpc) is 3.25. The van der Waals surface area contributed by atoms with Crippen LogP contribution < -0.4 is 10.6 Å². The van der Waals surface area contributed by atoms with E-state index in [0.29, 0.717) is 4.90 Å². The number of imide groups is 1. The van der Waals surface area contributed by atoms with E-state index in [0.717, 1.165) is 42.5 Å². The molecule has 166 valence electrons. The highest BCUT2D eigenvalue weighted by atomic mass is 35.5. The van der Waals surface area contributed by atoms with Crippen molar-refractivity contribution in [2.45, 2.75) is 37.8 Å². The Morgan fingerprint density at radius 2 is 2.06 bits per heavy atom. The molecule has 1 unspecified atom stereocenters. The van der Waals surface area contributed by atoms with Crippen LogP contribution in [0, 0.1) is 0 Å². The van der Waals surface area contributed by atoms with Crippen molar-refractivity contribution < 1.29 is 39.0 Å². The maximum atomic E-state index is 14.8. The first-order chi connectivity index (χ1) is 18.3. The molecule has 0 radical (unpaired) electrons. The van der Waals surface area contributed by atoms with E-state index in [-0.39, 0.29) is 27.0 Å². The monoisotopic (exact) mass is 469 g/mol. The lowest BCUT2D eigenvalue weighted by atomic mass is 10.0. The molecule has 4 amide bonds. The van der Waals surface area contributed by atoms with Crippen LogP contribution in [0.1, 0.15) is 48.0 Å². The summed E-state index contributed by atoms with van der Waals surface area (Å²) < 4.78 is 93.7. The van der Waals surface area contributed by atoms with Crippen molar-refractivity contribution in [3.05, 3.63) is 69.7 Å². The normalized spacial score (nSPS) is 28.8. The largest absolute Gasteiger partial charge is 0.349 e. The molecule has 0 bridgehead atoms. The fraction of sp³-hybridized carbons (Fsp3) is 0.273. The maximum Gasteiger partial charge on any atom is 0.349 e. The van der Waals surface area contributed by atoms with E-state index in [4.69, 9.17) is 22.6 Å². The number of fused-ring (bicyclic) bond motifs is 1. The Hall–Kier alpha value is -3.33. The van der Waals surface area contributed by atoms with Crippen LogP contribution in [0.15, 0.2) is 42.5 Å². The zero-order valence-electron chi connectivity index (χ0n) is 23.9. The second kappa shape index (κ2) is 8.31. The van der Waals surface area contributed by atoms with Crippen LogP contribution in [0.5, 0.6) is 0 Å². The lowest BCUT2D eigenvalue weighted by molar-refractivity contribution is -0.147. The Morgan fingerprint density at radius 3 is 2.78 bits per heavy atom. The fourth-order valence-corrected chi connectivity index (χ4v) is 3.25. The molecule has 7 nitrogen and oxygen atoms in total. The zero-order valence-corrected chi connectivity index (χ0v) is 16.7. The van der Waals surface area contributed by atoms with Gasteiger partial charge in [-0.1, -0.05) is 35.9 Å². The van der Waals surface area contributed by atoms with Gasteiger partial charge in [0.05, 0.1) is 2.74 Å². The molecule has 1 saturated heterocycles. The van der Waals surface area contributed by atoms with Crippen molar-refractivity contribution in [1.29, 1.82) is 0 Å². The van der Waals surface area contributed by atoms with E-state index in [1.165, 1.54) is 0 Å². The van der Waals surface area contributed by atoms with Gasteiger partial charge in [-0.2, -0.15) is 8.78 Å². The highest BCUT2D eigenvalue weighted by Gasteiger charge is 2.41. The minimum absolute atomic E-state index is 0.0609. The topological polar surface area (TPSA) is 95.6 Å². The molecule has 0 aliphatic carbocycles. The number of nitrogens with one attached hydrogen (secondary N) is 2. The summed E-state index contributed by atoms with van der Waals surface area (Å²) in [4.78, 5) is 50.7. The lowest BCUT2D eigenvalue weighted by Gasteiger charge is -2.29. The van der Waals surface area contributed by atoms with E-state index < -0.39 is 72.3 Å². The molecule has 0 saturated carbocycles.